The number of hydrogen-bond donors (Lipinski definition) is 1. The van der Waals surface area contributed by atoms with Gasteiger partial charge in [0.15, 0.2) is 0 Å². The lowest BCUT2D eigenvalue weighted by molar-refractivity contribution is 0.633. The summed E-state index contributed by atoms with van der Waals surface area (Å²) in [6, 6.07) is 5.37. The van der Waals surface area contributed by atoms with Gasteiger partial charge in [0.25, 0.3) is 0 Å². The summed E-state index contributed by atoms with van der Waals surface area (Å²) in [5, 5.41) is 4.26. The molecule has 0 atom stereocenters. The average Bonchev–Trinajstić information content (AvgIpc) is 3.02. The molecule has 0 radical (unpaired) electrons. The molecule has 1 aromatic carbocycles. The monoisotopic (exact) mass is 217 g/mol. The number of halogens is 1. The van der Waals surface area contributed by atoms with Gasteiger partial charge in [-0.2, -0.15) is 5.10 Å². The van der Waals surface area contributed by atoms with E-state index in [1.807, 2.05) is 16.9 Å². The molecular formula is C12H12FN3. The van der Waals surface area contributed by atoms with E-state index in [4.69, 9.17) is 5.73 Å². The third kappa shape index (κ3) is 1.46. The molecule has 1 aliphatic carbocycles. The third-order valence-corrected chi connectivity index (χ3v) is 2.89. The van der Waals surface area contributed by atoms with Gasteiger partial charge in [-0.25, -0.2) is 4.39 Å². The Bertz CT molecular complexity index is 529. The van der Waals surface area contributed by atoms with Gasteiger partial charge < -0.3 is 5.73 Å². The maximum Gasteiger partial charge on any atom is 0.146 e. The van der Waals surface area contributed by atoms with E-state index in [0.29, 0.717) is 11.6 Å². The van der Waals surface area contributed by atoms with Crippen LogP contribution in [0.4, 0.5) is 10.1 Å². The maximum atomic E-state index is 13.3. The topological polar surface area (TPSA) is 43.8 Å². The van der Waals surface area contributed by atoms with E-state index in [2.05, 4.69) is 5.10 Å². The fourth-order valence-corrected chi connectivity index (χ4v) is 1.80. The molecule has 82 valence electrons. The Hall–Kier alpha value is -1.84. The van der Waals surface area contributed by atoms with Crippen LogP contribution in [0.1, 0.15) is 18.9 Å². The summed E-state index contributed by atoms with van der Waals surface area (Å²) in [5.41, 5.74) is 7.49. The molecule has 4 heteroatoms. The fraction of sp³-hybridized carbons (Fsp3) is 0.250. The highest BCUT2D eigenvalue weighted by Crippen LogP contribution is 2.36. The number of para-hydroxylation sites is 1. The second-order valence-electron chi connectivity index (χ2n) is 4.14. The Morgan fingerprint density at radius 3 is 2.94 bits per heavy atom. The summed E-state index contributed by atoms with van der Waals surface area (Å²) in [7, 11) is 0. The van der Waals surface area contributed by atoms with Crippen molar-refractivity contribution in [1.82, 2.24) is 9.78 Å². The van der Waals surface area contributed by atoms with Gasteiger partial charge in [-0.1, -0.05) is 12.1 Å². The van der Waals surface area contributed by atoms with Gasteiger partial charge in [-0.3, -0.25) is 4.68 Å². The minimum absolute atomic E-state index is 0.192. The smallest absolute Gasteiger partial charge is 0.146 e. The van der Waals surface area contributed by atoms with Crippen LogP contribution in [0.5, 0.6) is 0 Å². The van der Waals surface area contributed by atoms with Gasteiger partial charge in [0.1, 0.15) is 5.82 Å². The fourth-order valence-electron chi connectivity index (χ4n) is 1.80. The largest absolute Gasteiger partial charge is 0.396 e. The van der Waals surface area contributed by atoms with E-state index in [9.17, 15) is 4.39 Å². The summed E-state index contributed by atoms with van der Waals surface area (Å²) < 4.78 is 15.2. The first kappa shape index (κ1) is 9.39. The zero-order valence-corrected chi connectivity index (χ0v) is 8.73. The van der Waals surface area contributed by atoms with Crippen LogP contribution in [0.15, 0.2) is 30.6 Å². The Morgan fingerprint density at radius 1 is 1.38 bits per heavy atom. The second kappa shape index (κ2) is 3.33. The normalized spacial score (nSPS) is 15.3. The number of anilines is 1. The van der Waals surface area contributed by atoms with Gasteiger partial charge in [0.2, 0.25) is 0 Å². The minimum atomic E-state index is -0.378. The predicted molar refractivity (Wildman–Crippen MR) is 60.3 cm³/mol. The van der Waals surface area contributed by atoms with Crippen LogP contribution in [0, 0.1) is 5.82 Å². The van der Waals surface area contributed by atoms with Gasteiger partial charge in [-0.05, 0) is 18.9 Å². The van der Waals surface area contributed by atoms with E-state index < -0.39 is 0 Å². The van der Waals surface area contributed by atoms with Gasteiger partial charge in [0, 0.05) is 17.3 Å². The number of nitrogen functional groups attached to an aromatic ring is 1. The molecule has 0 spiro atoms. The Morgan fingerprint density at radius 2 is 2.19 bits per heavy atom. The van der Waals surface area contributed by atoms with Crippen LogP contribution in [0.25, 0.3) is 11.1 Å². The number of nitrogens with two attached hydrogens (primary N) is 1. The molecule has 1 saturated carbocycles. The zero-order chi connectivity index (χ0) is 11.1. The first-order chi connectivity index (χ1) is 7.75. The third-order valence-electron chi connectivity index (χ3n) is 2.89. The summed E-state index contributed by atoms with van der Waals surface area (Å²) >= 11 is 0. The van der Waals surface area contributed by atoms with Crippen molar-refractivity contribution in [3.8, 4) is 11.1 Å². The molecule has 3 nitrogen and oxygen atoms in total. The molecule has 3 rings (SSSR count). The molecule has 1 aliphatic rings. The standard InChI is InChI=1S/C12H12FN3/c13-11-3-1-2-10(12(11)14)8-6-15-16(7-8)9-4-5-9/h1-3,6-7,9H,4-5,14H2. The molecular weight excluding hydrogens is 205 g/mol. The van der Waals surface area contributed by atoms with Crippen LogP contribution in [0.2, 0.25) is 0 Å². The number of benzene rings is 1. The van der Waals surface area contributed by atoms with Crippen LogP contribution >= 0.6 is 0 Å². The first-order valence-corrected chi connectivity index (χ1v) is 5.34. The molecule has 1 aromatic heterocycles. The summed E-state index contributed by atoms with van der Waals surface area (Å²) in [6.07, 6.45) is 6.03. The number of rotatable bonds is 2. The average molecular weight is 217 g/mol. The minimum Gasteiger partial charge on any atom is -0.396 e. The number of hydrogen-bond acceptors (Lipinski definition) is 2. The van der Waals surface area contributed by atoms with Crippen molar-refractivity contribution >= 4 is 5.69 Å². The number of nitrogens with zero attached hydrogens (tertiary/aromatic N) is 2. The first-order valence-electron chi connectivity index (χ1n) is 5.34. The lowest BCUT2D eigenvalue weighted by Gasteiger charge is -2.03. The molecule has 0 saturated heterocycles. The van der Waals surface area contributed by atoms with Crippen molar-refractivity contribution in [3.63, 3.8) is 0 Å². The number of aromatic nitrogens is 2. The van der Waals surface area contributed by atoms with Crippen molar-refractivity contribution in [2.45, 2.75) is 18.9 Å². The molecule has 0 amide bonds. The molecule has 16 heavy (non-hydrogen) atoms. The second-order valence-corrected chi connectivity index (χ2v) is 4.14. The Kier molecular flexibility index (Phi) is 1.96. The van der Waals surface area contributed by atoms with Crippen molar-refractivity contribution in [1.29, 1.82) is 0 Å². The highest BCUT2D eigenvalue weighted by atomic mass is 19.1. The van der Waals surface area contributed by atoms with E-state index in [-0.39, 0.29) is 11.5 Å². The van der Waals surface area contributed by atoms with E-state index in [1.54, 1.807) is 12.3 Å². The lowest BCUT2D eigenvalue weighted by Crippen LogP contribution is -1.94. The highest BCUT2D eigenvalue weighted by Gasteiger charge is 2.24. The predicted octanol–water partition coefficient (Wildman–Crippen LogP) is 2.61. The Balaban J connectivity index is 2.03. The highest BCUT2D eigenvalue weighted by molar-refractivity contribution is 5.75. The summed E-state index contributed by atoms with van der Waals surface area (Å²) in [4.78, 5) is 0. The van der Waals surface area contributed by atoms with Crippen LogP contribution in [-0.4, -0.2) is 9.78 Å². The van der Waals surface area contributed by atoms with E-state index in [0.717, 1.165) is 5.56 Å². The van der Waals surface area contributed by atoms with E-state index >= 15 is 0 Å². The quantitative estimate of drug-likeness (QED) is 0.786. The van der Waals surface area contributed by atoms with Crippen LogP contribution in [0.3, 0.4) is 0 Å². The molecule has 0 bridgehead atoms. The Labute approximate surface area is 92.7 Å². The van der Waals surface area contributed by atoms with Crippen LogP contribution in [-0.2, 0) is 0 Å². The van der Waals surface area contributed by atoms with Crippen molar-refractivity contribution < 1.29 is 4.39 Å². The van der Waals surface area contributed by atoms with Crippen molar-refractivity contribution in [3.05, 3.63) is 36.4 Å². The van der Waals surface area contributed by atoms with Gasteiger partial charge >= 0.3 is 0 Å². The molecule has 0 unspecified atom stereocenters. The van der Waals surface area contributed by atoms with Crippen molar-refractivity contribution in [2.24, 2.45) is 0 Å². The lowest BCUT2D eigenvalue weighted by atomic mass is 10.1. The summed E-state index contributed by atoms with van der Waals surface area (Å²) in [5.74, 6) is -0.378. The van der Waals surface area contributed by atoms with Gasteiger partial charge in [0.05, 0.1) is 17.9 Å². The molecule has 2 aromatic rings. The molecule has 1 fully saturated rings. The van der Waals surface area contributed by atoms with E-state index in [1.165, 1.54) is 18.9 Å². The maximum absolute atomic E-state index is 13.3. The molecule has 1 heterocycles. The SMILES string of the molecule is Nc1c(F)cccc1-c1cnn(C2CC2)c1. The molecule has 2 N–H and O–H groups in total. The van der Waals surface area contributed by atoms with Gasteiger partial charge in [-0.15, -0.1) is 0 Å². The van der Waals surface area contributed by atoms with Crippen molar-refractivity contribution in [2.75, 3.05) is 5.73 Å². The van der Waals surface area contributed by atoms with Crippen LogP contribution < -0.4 is 5.73 Å². The molecule has 0 aliphatic heterocycles. The zero-order valence-electron chi connectivity index (χ0n) is 8.73. The summed E-state index contributed by atoms with van der Waals surface area (Å²) in [6.45, 7) is 0.